The van der Waals surface area contributed by atoms with Gasteiger partial charge in [-0.05, 0) is 12.1 Å². The summed E-state index contributed by atoms with van der Waals surface area (Å²) in [5, 5.41) is 1.95. The van der Waals surface area contributed by atoms with Gasteiger partial charge in [0.2, 0.25) is 11.8 Å². The minimum absolute atomic E-state index is 0.288. The van der Waals surface area contributed by atoms with Crippen LogP contribution in [0.15, 0.2) is 41.4 Å². The Morgan fingerprint density at radius 2 is 1.89 bits per heavy atom. The number of benzene rings is 1. The number of hydrogen-bond donors (Lipinski definition) is 2. The molecule has 2 N–H and O–H groups in total. The quantitative estimate of drug-likeness (QED) is 0.692. The molecule has 144 valence electrons. The molecule has 1 aromatic heterocycles. The summed E-state index contributed by atoms with van der Waals surface area (Å²) < 4.78 is 59.2. The molecule has 2 rings (SSSR count). The fraction of sp³-hybridized carbons (Fsp3) is 0.143. The number of aromatic nitrogens is 2. The smallest absolute Gasteiger partial charge is 0.388 e. The van der Waals surface area contributed by atoms with E-state index >= 15 is 0 Å². The summed E-state index contributed by atoms with van der Waals surface area (Å²) in [5.41, 5.74) is -0.288. The summed E-state index contributed by atoms with van der Waals surface area (Å²) in [6, 6.07) is 4.77. The first-order chi connectivity index (χ1) is 12.7. The molecule has 0 saturated heterocycles. The largest absolute Gasteiger partial charge is 0.465 e. The summed E-state index contributed by atoms with van der Waals surface area (Å²) >= 11 is 0. The minimum atomic E-state index is -4.46. The average Bonchev–Trinajstić information content (AvgIpc) is 2.60. The van der Waals surface area contributed by atoms with Crippen molar-refractivity contribution < 1.29 is 36.3 Å². The zero-order chi connectivity index (χ0) is 20.0. The molecule has 0 fully saturated rings. The van der Waals surface area contributed by atoms with E-state index in [1.807, 2.05) is 5.32 Å². The predicted octanol–water partition coefficient (Wildman–Crippen LogP) is 1.37. The van der Waals surface area contributed by atoms with Gasteiger partial charge in [0.1, 0.15) is 4.90 Å². The molecule has 10 nitrogen and oxygen atoms in total. The normalized spacial score (nSPS) is 11.0. The lowest BCUT2D eigenvalue weighted by atomic mass is 10.2. The molecule has 0 unspecified atom stereocenters. The van der Waals surface area contributed by atoms with Gasteiger partial charge in [0, 0.05) is 12.3 Å². The van der Waals surface area contributed by atoms with Gasteiger partial charge in [-0.15, -0.1) is 0 Å². The van der Waals surface area contributed by atoms with E-state index in [1.54, 1.807) is 4.72 Å². The van der Waals surface area contributed by atoms with Gasteiger partial charge in [0.05, 0.1) is 12.7 Å². The Morgan fingerprint density at radius 1 is 1.19 bits per heavy atom. The molecule has 0 aliphatic carbocycles. The van der Waals surface area contributed by atoms with Crippen molar-refractivity contribution in [2.45, 2.75) is 11.5 Å². The number of nitrogens with one attached hydrogen (secondary N) is 2. The molecule has 2 aromatic rings. The van der Waals surface area contributed by atoms with Gasteiger partial charge in [-0.3, -0.25) is 5.32 Å². The van der Waals surface area contributed by atoms with Gasteiger partial charge >= 0.3 is 18.6 Å². The minimum Gasteiger partial charge on any atom is -0.465 e. The number of urea groups is 1. The van der Waals surface area contributed by atoms with Crippen molar-refractivity contribution in [3.05, 3.63) is 42.1 Å². The molecule has 1 heterocycles. The first-order valence-electron chi connectivity index (χ1n) is 7.02. The summed E-state index contributed by atoms with van der Waals surface area (Å²) in [4.78, 5) is 30.1. The maximum atomic E-state index is 12.3. The van der Waals surface area contributed by atoms with E-state index in [2.05, 4.69) is 19.4 Å². The second-order valence-electron chi connectivity index (χ2n) is 4.64. The number of sulfonamides is 1. The number of alkyl halides is 2. The first kappa shape index (κ1) is 20.0. The molecule has 1 aromatic carbocycles. The van der Waals surface area contributed by atoms with Gasteiger partial charge in [0.25, 0.3) is 10.0 Å². The van der Waals surface area contributed by atoms with Crippen LogP contribution in [0, 0.1) is 0 Å². The van der Waals surface area contributed by atoms with Crippen molar-refractivity contribution in [3.8, 4) is 5.88 Å². The number of carbonyl (C=O) groups excluding carboxylic acids is 2. The monoisotopic (exact) mass is 402 g/mol. The zero-order valence-corrected chi connectivity index (χ0v) is 14.4. The standard InChI is InChI=1S/C14H12F2N4O6S/c1-25-11(21)8-4-2-3-5-9(8)27(23,24)20-14(22)19-13-17-7-6-10(18-13)26-12(15)16/h2-7,12H,1H3,(H2,17,18,19,20,22). The maximum absolute atomic E-state index is 12.3. The van der Waals surface area contributed by atoms with Crippen LogP contribution in [0.2, 0.25) is 0 Å². The van der Waals surface area contributed by atoms with Crippen LogP contribution in [0.3, 0.4) is 0 Å². The van der Waals surface area contributed by atoms with Crippen LogP contribution in [0.4, 0.5) is 19.5 Å². The molecule has 0 radical (unpaired) electrons. The summed E-state index contributed by atoms with van der Waals surface area (Å²) in [5.74, 6) is -1.94. The summed E-state index contributed by atoms with van der Waals surface area (Å²) in [6.07, 6.45) is 1.02. The zero-order valence-electron chi connectivity index (χ0n) is 13.5. The summed E-state index contributed by atoms with van der Waals surface area (Å²) in [7, 11) is -3.40. The molecular weight excluding hydrogens is 390 g/mol. The Labute approximate surface area is 151 Å². The Bertz CT molecular complexity index is 954. The number of esters is 1. The van der Waals surface area contributed by atoms with Crippen LogP contribution in [0.1, 0.15) is 10.4 Å². The lowest BCUT2D eigenvalue weighted by molar-refractivity contribution is -0.0528. The second-order valence-corrected chi connectivity index (χ2v) is 6.30. The van der Waals surface area contributed by atoms with Crippen molar-refractivity contribution in [3.63, 3.8) is 0 Å². The average molecular weight is 402 g/mol. The molecule has 13 heteroatoms. The first-order valence-corrected chi connectivity index (χ1v) is 8.50. The fourth-order valence-electron chi connectivity index (χ4n) is 1.84. The van der Waals surface area contributed by atoms with Gasteiger partial charge in [0.15, 0.2) is 0 Å². The van der Waals surface area contributed by atoms with Gasteiger partial charge in [-0.2, -0.15) is 13.8 Å². The van der Waals surface area contributed by atoms with Crippen LogP contribution >= 0.6 is 0 Å². The van der Waals surface area contributed by atoms with Crippen LogP contribution in [-0.2, 0) is 14.8 Å². The fourth-order valence-corrected chi connectivity index (χ4v) is 2.95. The Hall–Kier alpha value is -3.35. The maximum Gasteiger partial charge on any atom is 0.388 e. The van der Waals surface area contributed by atoms with Crippen LogP contribution in [-0.4, -0.2) is 44.1 Å². The van der Waals surface area contributed by atoms with Crippen molar-refractivity contribution in [1.29, 1.82) is 0 Å². The number of carbonyl (C=O) groups is 2. The van der Waals surface area contributed by atoms with Crippen LogP contribution in [0.25, 0.3) is 0 Å². The third-order valence-electron chi connectivity index (χ3n) is 2.87. The van der Waals surface area contributed by atoms with Gasteiger partial charge < -0.3 is 9.47 Å². The molecule has 0 atom stereocenters. The number of methoxy groups -OCH3 is 1. The lowest BCUT2D eigenvalue weighted by Crippen LogP contribution is -2.35. The molecule has 0 bridgehead atoms. The highest BCUT2D eigenvalue weighted by Crippen LogP contribution is 2.16. The number of anilines is 1. The third-order valence-corrected chi connectivity index (χ3v) is 4.26. The van der Waals surface area contributed by atoms with Crippen molar-refractivity contribution in [1.82, 2.24) is 14.7 Å². The number of ether oxygens (including phenoxy) is 2. The Morgan fingerprint density at radius 3 is 2.56 bits per heavy atom. The topological polar surface area (TPSA) is 137 Å². The summed E-state index contributed by atoms with van der Waals surface area (Å²) in [6.45, 7) is -3.14. The number of amides is 2. The van der Waals surface area contributed by atoms with E-state index < -0.39 is 45.4 Å². The van der Waals surface area contributed by atoms with Crippen LogP contribution < -0.4 is 14.8 Å². The van der Waals surface area contributed by atoms with Crippen molar-refractivity contribution in [2.75, 3.05) is 12.4 Å². The molecule has 27 heavy (non-hydrogen) atoms. The van der Waals surface area contributed by atoms with Crippen LogP contribution in [0.5, 0.6) is 5.88 Å². The lowest BCUT2D eigenvalue weighted by Gasteiger charge is -2.11. The number of nitrogens with zero attached hydrogens (tertiary/aromatic N) is 2. The Kier molecular flexibility index (Phi) is 6.18. The SMILES string of the molecule is COC(=O)c1ccccc1S(=O)(=O)NC(=O)Nc1nccc(OC(F)F)n1. The molecule has 2 amide bonds. The predicted molar refractivity (Wildman–Crippen MR) is 85.8 cm³/mol. The highest BCUT2D eigenvalue weighted by molar-refractivity contribution is 7.90. The molecule has 0 saturated carbocycles. The highest BCUT2D eigenvalue weighted by atomic mass is 32.2. The van der Waals surface area contributed by atoms with E-state index in [0.29, 0.717) is 0 Å². The van der Waals surface area contributed by atoms with Gasteiger partial charge in [-0.1, -0.05) is 12.1 Å². The molecular formula is C14H12F2N4O6S. The van der Waals surface area contributed by atoms with E-state index in [0.717, 1.165) is 25.4 Å². The molecule has 0 aliphatic heterocycles. The van der Waals surface area contributed by atoms with Crippen molar-refractivity contribution >= 4 is 28.0 Å². The molecule has 0 aliphatic rings. The van der Waals surface area contributed by atoms with Crippen molar-refractivity contribution in [2.24, 2.45) is 0 Å². The second kappa shape index (κ2) is 8.35. The van der Waals surface area contributed by atoms with E-state index in [-0.39, 0.29) is 5.56 Å². The molecule has 0 spiro atoms. The van der Waals surface area contributed by atoms with E-state index in [1.165, 1.54) is 18.2 Å². The number of rotatable bonds is 6. The number of hydrogen-bond acceptors (Lipinski definition) is 8. The highest BCUT2D eigenvalue weighted by Gasteiger charge is 2.25. The van der Waals surface area contributed by atoms with E-state index in [9.17, 15) is 26.8 Å². The number of halogens is 2. The third kappa shape index (κ3) is 5.31. The Balaban J connectivity index is 2.17. The van der Waals surface area contributed by atoms with E-state index in [4.69, 9.17) is 0 Å². The van der Waals surface area contributed by atoms with Gasteiger partial charge in [-0.25, -0.2) is 27.7 Å².